The van der Waals surface area contributed by atoms with Crippen LogP contribution in [0.15, 0.2) is 45.6 Å². The van der Waals surface area contributed by atoms with Crippen LogP contribution in [0.5, 0.6) is 0 Å². The SMILES string of the molecule is C/C=C(/C)C(=O)O[C@H]1CC=C2C(=O)c3occ(C)c3[C@@H](OC(=O)/C(C)=C\C)[C@]2(C)[C@H]1C. The van der Waals surface area contributed by atoms with Crippen molar-refractivity contribution in [2.45, 2.75) is 67.1 Å². The minimum Gasteiger partial charge on any atom is -0.460 e. The van der Waals surface area contributed by atoms with E-state index in [0.717, 1.165) is 5.56 Å². The summed E-state index contributed by atoms with van der Waals surface area (Å²) in [7, 11) is 0. The van der Waals surface area contributed by atoms with Crippen LogP contribution in [0.4, 0.5) is 0 Å². The molecule has 2 aliphatic rings. The molecule has 6 nitrogen and oxygen atoms in total. The summed E-state index contributed by atoms with van der Waals surface area (Å²) < 4.78 is 17.4. The molecule has 0 saturated heterocycles. The van der Waals surface area contributed by atoms with Crippen molar-refractivity contribution < 1.29 is 28.3 Å². The molecule has 0 saturated carbocycles. The van der Waals surface area contributed by atoms with Crippen LogP contribution in [0.1, 0.15) is 75.7 Å². The Balaban J connectivity index is 2.10. The molecule has 1 heterocycles. The lowest BCUT2D eigenvalue weighted by molar-refractivity contribution is -0.162. The maximum absolute atomic E-state index is 13.3. The summed E-state index contributed by atoms with van der Waals surface area (Å²) in [5, 5.41) is 0. The van der Waals surface area contributed by atoms with Crippen molar-refractivity contribution in [3.8, 4) is 0 Å². The average Bonchev–Trinajstić information content (AvgIpc) is 3.14. The van der Waals surface area contributed by atoms with Gasteiger partial charge in [-0.1, -0.05) is 32.1 Å². The lowest BCUT2D eigenvalue weighted by Gasteiger charge is -2.49. The maximum Gasteiger partial charge on any atom is 0.334 e. The van der Waals surface area contributed by atoms with Crippen LogP contribution < -0.4 is 0 Å². The molecule has 0 amide bonds. The molecular weight excluding hydrogens is 396 g/mol. The molecule has 0 aromatic carbocycles. The summed E-state index contributed by atoms with van der Waals surface area (Å²) in [6.45, 7) is 12.6. The number of hydrogen-bond acceptors (Lipinski definition) is 6. The van der Waals surface area contributed by atoms with Gasteiger partial charge in [0.2, 0.25) is 5.78 Å². The molecule has 0 unspecified atom stereocenters. The molecular formula is C25H30O6. The Bertz CT molecular complexity index is 1020. The van der Waals surface area contributed by atoms with E-state index in [0.29, 0.717) is 28.7 Å². The second-order valence-electron chi connectivity index (χ2n) is 8.59. The molecule has 0 radical (unpaired) electrons. The Morgan fingerprint density at radius 3 is 2.29 bits per heavy atom. The van der Waals surface area contributed by atoms with Gasteiger partial charge in [-0.2, -0.15) is 0 Å². The molecule has 0 bridgehead atoms. The van der Waals surface area contributed by atoms with Gasteiger partial charge in [-0.15, -0.1) is 0 Å². The largest absolute Gasteiger partial charge is 0.460 e. The Labute approximate surface area is 183 Å². The van der Waals surface area contributed by atoms with Crippen molar-refractivity contribution >= 4 is 17.7 Å². The summed E-state index contributed by atoms with van der Waals surface area (Å²) >= 11 is 0. The van der Waals surface area contributed by atoms with Crippen molar-refractivity contribution in [2.75, 3.05) is 0 Å². The van der Waals surface area contributed by atoms with Gasteiger partial charge in [0.05, 0.1) is 6.26 Å². The van der Waals surface area contributed by atoms with Crippen LogP contribution in [0.25, 0.3) is 0 Å². The Morgan fingerprint density at radius 1 is 1.13 bits per heavy atom. The van der Waals surface area contributed by atoms with Gasteiger partial charge in [-0.25, -0.2) is 9.59 Å². The highest BCUT2D eigenvalue weighted by atomic mass is 16.6. The van der Waals surface area contributed by atoms with Crippen molar-refractivity contribution in [1.82, 2.24) is 0 Å². The minimum absolute atomic E-state index is 0.207. The van der Waals surface area contributed by atoms with Gasteiger partial charge in [0.15, 0.2) is 5.76 Å². The van der Waals surface area contributed by atoms with E-state index in [-0.39, 0.29) is 23.4 Å². The van der Waals surface area contributed by atoms with Gasteiger partial charge in [-0.3, -0.25) is 4.79 Å². The fraction of sp³-hybridized carbons (Fsp3) is 0.480. The number of esters is 2. The van der Waals surface area contributed by atoms with E-state index in [2.05, 4.69) is 0 Å². The molecule has 0 N–H and O–H groups in total. The first kappa shape index (κ1) is 22.8. The van der Waals surface area contributed by atoms with Gasteiger partial charge in [0.1, 0.15) is 12.2 Å². The zero-order chi connectivity index (χ0) is 23.1. The first-order valence-electron chi connectivity index (χ1n) is 10.6. The van der Waals surface area contributed by atoms with Gasteiger partial charge in [-0.05, 0) is 40.2 Å². The standard InChI is InChI=1S/C25H30O6/c1-8-13(3)23(27)30-18-11-10-17-20(26)21-19(15(5)12-29-21)22(25(17,7)16(18)6)31-24(28)14(4)9-2/h8-10,12,16,18,22H,11H2,1-7H3/b13-8-,14-9-/t16-,18-,22+,25+/m0/s1. The summed E-state index contributed by atoms with van der Waals surface area (Å²) in [5.74, 6) is -1.12. The fourth-order valence-electron chi connectivity index (χ4n) is 4.38. The highest BCUT2D eigenvalue weighted by Crippen LogP contribution is 2.58. The Morgan fingerprint density at radius 2 is 1.71 bits per heavy atom. The molecule has 6 heteroatoms. The van der Waals surface area contributed by atoms with Crippen LogP contribution in [-0.2, 0) is 19.1 Å². The fourth-order valence-corrected chi connectivity index (χ4v) is 4.38. The molecule has 31 heavy (non-hydrogen) atoms. The molecule has 1 aromatic rings. The van der Waals surface area contributed by atoms with Gasteiger partial charge >= 0.3 is 11.9 Å². The predicted molar refractivity (Wildman–Crippen MR) is 115 cm³/mol. The highest BCUT2D eigenvalue weighted by molar-refractivity contribution is 6.10. The topological polar surface area (TPSA) is 82.8 Å². The van der Waals surface area contributed by atoms with Gasteiger partial charge < -0.3 is 13.9 Å². The summed E-state index contributed by atoms with van der Waals surface area (Å²) in [4.78, 5) is 38.5. The van der Waals surface area contributed by atoms with Crippen molar-refractivity contribution in [1.29, 1.82) is 0 Å². The minimum atomic E-state index is -0.880. The number of furan rings is 1. The zero-order valence-electron chi connectivity index (χ0n) is 19.2. The molecule has 0 aliphatic heterocycles. The smallest absolute Gasteiger partial charge is 0.334 e. The van der Waals surface area contributed by atoms with E-state index < -0.39 is 23.6 Å². The predicted octanol–water partition coefficient (Wildman–Crippen LogP) is 5.19. The second-order valence-corrected chi connectivity index (χ2v) is 8.59. The monoisotopic (exact) mass is 426 g/mol. The van der Waals surface area contributed by atoms with Crippen molar-refractivity contribution in [3.05, 3.63) is 58.1 Å². The van der Waals surface area contributed by atoms with Crippen molar-refractivity contribution in [2.24, 2.45) is 11.3 Å². The van der Waals surface area contributed by atoms with Crippen LogP contribution >= 0.6 is 0 Å². The number of fused-ring (bicyclic) bond motifs is 2. The quantitative estimate of drug-likeness (QED) is 0.487. The molecule has 0 spiro atoms. The average molecular weight is 427 g/mol. The third-order valence-corrected chi connectivity index (χ3v) is 6.91. The molecule has 1 aromatic heterocycles. The number of Topliss-reactive ketones (excluding diaryl/α,β-unsaturated/α-hetero) is 1. The zero-order valence-corrected chi connectivity index (χ0v) is 19.2. The molecule has 166 valence electrons. The summed E-state index contributed by atoms with van der Waals surface area (Å²) in [6, 6.07) is 0. The number of ketones is 1. The lowest BCUT2D eigenvalue weighted by Crippen LogP contribution is -2.50. The van der Waals surface area contributed by atoms with E-state index in [9.17, 15) is 14.4 Å². The van der Waals surface area contributed by atoms with E-state index in [4.69, 9.17) is 13.9 Å². The van der Waals surface area contributed by atoms with E-state index >= 15 is 0 Å². The third-order valence-electron chi connectivity index (χ3n) is 6.91. The molecule has 3 rings (SSSR count). The highest BCUT2D eigenvalue weighted by Gasteiger charge is 2.58. The van der Waals surface area contributed by atoms with E-state index in [1.54, 1.807) is 45.9 Å². The Kier molecular flexibility index (Phi) is 6.12. The number of carbonyl (C=O) groups is 3. The first-order chi connectivity index (χ1) is 14.6. The number of hydrogen-bond donors (Lipinski definition) is 0. The number of rotatable bonds is 4. The maximum atomic E-state index is 13.3. The number of aryl methyl sites for hydroxylation is 1. The second kappa shape index (κ2) is 8.33. The number of allylic oxidation sites excluding steroid dienone is 2. The van der Waals surface area contributed by atoms with E-state index in [1.165, 1.54) is 6.26 Å². The summed E-state index contributed by atoms with van der Waals surface area (Å²) in [5.41, 5.74) is 1.99. The van der Waals surface area contributed by atoms with Gasteiger partial charge in [0.25, 0.3) is 0 Å². The molecule has 2 aliphatic carbocycles. The van der Waals surface area contributed by atoms with Gasteiger partial charge in [0, 0.05) is 40.0 Å². The van der Waals surface area contributed by atoms with Crippen LogP contribution in [0.3, 0.4) is 0 Å². The summed E-state index contributed by atoms with van der Waals surface area (Å²) in [6.07, 6.45) is 5.92. The molecule has 4 atom stereocenters. The van der Waals surface area contributed by atoms with Crippen molar-refractivity contribution in [3.63, 3.8) is 0 Å². The third kappa shape index (κ3) is 3.58. The first-order valence-corrected chi connectivity index (χ1v) is 10.6. The van der Waals surface area contributed by atoms with Crippen LogP contribution in [0.2, 0.25) is 0 Å². The molecule has 0 fully saturated rings. The lowest BCUT2D eigenvalue weighted by atomic mass is 9.57. The number of ether oxygens (including phenoxy) is 2. The Hall–Kier alpha value is -2.89. The van der Waals surface area contributed by atoms with E-state index in [1.807, 2.05) is 20.8 Å². The number of carbonyl (C=O) groups excluding carboxylic acids is 3. The van der Waals surface area contributed by atoms with Crippen LogP contribution in [-0.4, -0.2) is 23.8 Å². The normalized spacial score (nSPS) is 28.4. The van der Waals surface area contributed by atoms with Crippen LogP contribution in [0, 0.1) is 18.3 Å².